The fourth-order valence-corrected chi connectivity index (χ4v) is 5.81. The molecule has 1 aliphatic heterocycles. The minimum atomic E-state index is -3.67. The Kier molecular flexibility index (Phi) is 6.70. The van der Waals surface area contributed by atoms with Crippen molar-refractivity contribution in [1.29, 1.82) is 0 Å². The molecular formula is C20H21BrN2O4S2. The quantitative estimate of drug-likeness (QED) is 0.640. The van der Waals surface area contributed by atoms with Gasteiger partial charge in [0, 0.05) is 27.5 Å². The van der Waals surface area contributed by atoms with Gasteiger partial charge in [0.15, 0.2) is 9.84 Å². The number of benzene rings is 2. The molecule has 2 amide bonds. The Hall–Kier alpha value is -1.84. The number of hydrogen-bond donors (Lipinski definition) is 2. The van der Waals surface area contributed by atoms with Crippen LogP contribution in [0.3, 0.4) is 0 Å². The molecule has 0 radical (unpaired) electrons. The predicted octanol–water partition coefficient (Wildman–Crippen LogP) is 4.38. The van der Waals surface area contributed by atoms with Crippen LogP contribution in [0, 0.1) is 6.92 Å². The summed E-state index contributed by atoms with van der Waals surface area (Å²) in [5, 5.41) is 5.60. The Balaban J connectivity index is 1.69. The first-order chi connectivity index (χ1) is 13.6. The van der Waals surface area contributed by atoms with Crippen LogP contribution in [0.25, 0.3) is 0 Å². The van der Waals surface area contributed by atoms with Crippen molar-refractivity contribution in [2.45, 2.75) is 41.7 Å². The molecule has 29 heavy (non-hydrogen) atoms. The number of nitrogens with one attached hydrogen (secondary N) is 2. The Morgan fingerprint density at radius 1 is 1.28 bits per heavy atom. The number of rotatable bonds is 5. The molecular weight excluding hydrogens is 476 g/mol. The fraction of sp³-hybridized carbons (Fsp3) is 0.300. The van der Waals surface area contributed by atoms with Gasteiger partial charge in [0.25, 0.3) is 0 Å². The maximum atomic E-state index is 12.7. The molecule has 0 aliphatic carbocycles. The number of amides is 2. The van der Waals surface area contributed by atoms with E-state index in [9.17, 15) is 18.0 Å². The number of fused-ring (bicyclic) bond motifs is 1. The first-order valence-electron chi connectivity index (χ1n) is 9.03. The van der Waals surface area contributed by atoms with E-state index in [0.29, 0.717) is 17.8 Å². The largest absolute Gasteiger partial charge is 0.325 e. The number of carbonyl (C=O) groups excluding carboxylic acids is 2. The van der Waals surface area contributed by atoms with Crippen LogP contribution < -0.4 is 10.6 Å². The average molecular weight is 497 g/mol. The topological polar surface area (TPSA) is 92.3 Å². The van der Waals surface area contributed by atoms with Gasteiger partial charge in [-0.2, -0.15) is 0 Å². The molecule has 0 aromatic heterocycles. The molecule has 0 unspecified atom stereocenters. The van der Waals surface area contributed by atoms with Gasteiger partial charge in [-0.3, -0.25) is 9.59 Å². The van der Waals surface area contributed by atoms with Gasteiger partial charge in [-0.1, -0.05) is 13.0 Å². The van der Waals surface area contributed by atoms with Crippen LogP contribution in [0.5, 0.6) is 0 Å². The summed E-state index contributed by atoms with van der Waals surface area (Å²) < 4.78 is 26.2. The molecule has 3 rings (SSSR count). The summed E-state index contributed by atoms with van der Waals surface area (Å²) in [5.74, 6) is -0.842. The Morgan fingerprint density at radius 3 is 2.76 bits per heavy atom. The van der Waals surface area contributed by atoms with Gasteiger partial charge < -0.3 is 10.6 Å². The van der Waals surface area contributed by atoms with E-state index in [1.165, 1.54) is 23.9 Å². The van der Waals surface area contributed by atoms with Gasteiger partial charge in [-0.15, -0.1) is 11.8 Å². The third-order valence-corrected chi connectivity index (χ3v) is 7.93. The second-order valence-corrected chi connectivity index (χ2v) is 11.4. The lowest BCUT2D eigenvalue weighted by Crippen LogP contribution is -2.18. The minimum Gasteiger partial charge on any atom is -0.325 e. The molecule has 0 spiro atoms. The summed E-state index contributed by atoms with van der Waals surface area (Å²) in [4.78, 5) is 25.1. The number of carbonyl (C=O) groups is 2. The van der Waals surface area contributed by atoms with Crippen molar-refractivity contribution in [3.8, 4) is 0 Å². The van der Waals surface area contributed by atoms with Crippen molar-refractivity contribution in [1.82, 2.24) is 0 Å². The predicted molar refractivity (Wildman–Crippen MR) is 119 cm³/mol. The van der Waals surface area contributed by atoms with E-state index in [2.05, 4.69) is 26.6 Å². The van der Waals surface area contributed by atoms with E-state index in [0.717, 1.165) is 14.9 Å². The van der Waals surface area contributed by atoms with Crippen LogP contribution in [0.2, 0.25) is 0 Å². The van der Waals surface area contributed by atoms with E-state index in [1.807, 2.05) is 26.0 Å². The van der Waals surface area contributed by atoms with Gasteiger partial charge in [0.05, 0.1) is 22.0 Å². The van der Waals surface area contributed by atoms with Crippen molar-refractivity contribution >= 4 is 60.7 Å². The molecule has 0 fully saturated rings. The van der Waals surface area contributed by atoms with Crippen LogP contribution in [-0.4, -0.2) is 31.2 Å². The number of aryl methyl sites for hydroxylation is 1. The van der Waals surface area contributed by atoms with E-state index in [-0.39, 0.29) is 34.1 Å². The van der Waals surface area contributed by atoms with Crippen molar-refractivity contribution < 1.29 is 18.0 Å². The first-order valence-corrected chi connectivity index (χ1v) is 12.4. The van der Waals surface area contributed by atoms with Crippen LogP contribution >= 0.6 is 27.7 Å². The highest BCUT2D eigenvalue weighted by atomic mass is 79.9. The summed E-state index contributed by atoms with van der Waals surface area (Å²) in [5.41, 5.74) is 2.13. The zero-order valence-electron chi connectivity index (χ0n) is 16.0. The monoisotopic (exact) mass is 496 g/mol. The molecule has 9 heteroatoms. The van der Waals surface area contributed by atoms with E-state index < -0.39 is 9.84 Å². The number of halogens is 1. The third-order valence-electron chi connectivity index (χ3n) is 4.38. The second kappa shape index (κ2) is 8.89. The van der Waals surface area contributed by atoms with Crippen LogP contribution in [0.15, 0.2) is 50.7 Å². The molecule has 1 atom stereocenters. The van der Waals surface area contributed by atoms with Crippen LogP contribution in [-0.2, 0) is 19.4 Å². The lowest BCUT2D eigenvalue weighted by molar-refractivity contribution is -0.116. The lowest BCUT2D eigenvalue weighted by Gasteiger charge is -2.11. The summed E-state index contributed by atoms with van der Waals surface area (Å²) in [6, 6.07) is 10.2. The summed E-state index contributed by atoms with van der Waals surface area (Å²) in [6.45, 7) is 3.89. The molecule has 0 saturated carbocycles. The smallest absolute Gasteiger partial charge is 0.225 e. The Labute approximate surface area is 182 Å². The molecule has 2 N–H and O–H groups in total. The van der Waals surface area contributed by atoms with Gasteiger partial charge in [-0.05, 0) is 58.7 Å². The molecule has 2 aromatic rings. The van der Waals surface area contributed by atoms with Crippen LogP contribution in [0.4, 0.5) is 11.4 Å². The zero-order valence-corrected chi connectivity index (χ0v) is 19.2. The third kappa shape index (κ3) is 5.61. The summed E-state index contributed by atoms with van der Waals surface area (Å²) >= 11 is 4.91. The van der Waals surface area contributed by atoms with Gasteiger partial charge >= 0.3 is 0 Å². The maximum Gasteiger partial charge on any atom is 0.225 e. The SMILES string of the molecule is Cc1ccc(NC(=O)CCS(=O)(=O)c2ccc3c(c2)NC(=O)C[C@@H](C)S3)c(Br)c1. The highest BCUT2D eigenvalue weighted by Gasteiger charge is 2.23. The number of hydrogen-bond acceptors (Lipinski definition) is 5. The number of thioether (sulfide) groups is 1. The van der Waals surface area contributed by atoms with Crippen molar-refractivity contribution in [2.24, 2.45) is 0 Å². The minimum absolute atomic E-state index is 0.0935. The Morgan fingerprint density at radius 2 is 2.03 bits per heavy atom. The van der Waals surface area contributed by atoms with Crippen LogP contribution in [0.1, 0.15) is 25.3 Å². The van der Waals surface area contributed by atoms with E-state index >= 15 is 0 Å². The van der Waals surface area contributed by atoms with E-state index in [4.69, 9.17) is 0 Å². The molecule has 1 aliphatic rings. The molecule has 1 heterocycles. The molecule has 0 bridgehead atoms. The zero-order chi connectivity index (χ0) is 21.2. The van der Waals surface area contributed by atoms with Gasteiger partial charge in [0.2, 0.25) is 11.8 Å². The molecule has 0 saturated heterocycles. The second-order valence-electron chi connectivity index (χ2n) is 6.94. The van der Waals surface area contributed by atoms with Gasteiger partial charge in [0.1, 0.15) is 0 Å². The highest BCUT2D eigenvalue weighted by molar-refractivity contribution is 9.10. The van der Waals surface area contributed by atoms with E-state index in [1.54, 1.807) is 12.1 Å². The highest BCUT2D eigenvalue weighted by Crippen LogP contribution is 2.36. The first kappa shape index (κ1) is 21.9. The normalized spacial score (nSPS) is 16.5. The maximum absolute atomic E-state index is 12.7. The summed E-state index contributed by atoms with van der Waals surface area (Å²) in [7, 11) is -3.67. The molecule has 2 aromatic carbocycles. The van der Waals surface area contributed by atoms with Gasteiger partial charge in [-0.25, -0.2) is 8.42 Å². The fourth-order valence-electron chi connectivity index (χ4n) is 2.90. The summed E-state index contributed by atoms with van der Waals surface area (Å²) in [6.07, 6.45) is 0.202. The number of anilines is 2. The van der Waals surface area contributed by atoms with Crippen molar-refractivity contribution in [3.63, 3.8) is 0 Å². The average Bonchev–Trinajstić information content (AvgIpc) is 2.78. The molecule has 154 valence electrons. The Bertz CT molecular complexity index is 1070. The standard InChI is InChI=1S/C20H21BrN2O4S2/c1-12-3-5-16(15(21)9-12)22-19(24)7-8-29(26,27)14-4-6-18-17(11-14)23-20(25)10-13(2)28-18/h3-6,9,11,13H,7-8,10H2,1-2H3,(H,22,24)(H,23,25)/t13-/m1/s1. The van der Waals surface area contributed by atoms with Crippen molar-refractivity contribution in [2.75, 3.05) is 16.4 Å². The molecule has 6 nitrogen and oxygen atoms in total. The van der Waals surface area contributed by atoms with Crippen molar-refractivity contribution in [3.05, 3.63) is 46.4 Å². The number of sulfone groups is 1. The lowest BCUT2D eigenvalue weighted by atomic mass is 10.2.